The molecule has 2 amide bonds. The number of benzene rings is 2. The molecule has 1 aliphatic rings. The number of pyridine rings is 1. The largest absolute Gasteiger partial charge is 0.355 e. The lowest BCUT2D eigenvalue weighted by molar-refractivity contribution is -0.384. The van der Waals surface area contributed by atoms with Crippen molar-refractivity contribution in [2.24, 2.45) is 0 Å². The highest BCUT2D eigenvalue weighted by molar-refractivity contribution is 9.10. The fourth-order valence-electron chi connectivity index (χ4n) is 4.06. The number of aromatic nitrogens is 1. The van der Waals surface area contributed by atoms with Gasteiger partial charge in [-0.05, 0) is 18.6 Å². The number of carbonyl (C=O) groups excluding carboxylic acids is 2. The van der Waals surface area contributed by atoms with E-state index in [4.69, 9.17) is 0 Å². The van der Waals surface area contributed by atoms with Crippen LogP contribution in [0.3, 0.4) is 0 Å². The summed E-state index contributed by atoms with van der Waals surface area (Å²) in [6.07, 6.45) is 0.535. The van der Waals surface area contributed by atoms with Crippen molar-refractivity contribution in [3.8, 4) is 0 Å². The summed E-state index contributed by atoms with van der Waals surface area (Å²) in [5.41, 5.74) is 0.459. The molecule has 2 heterocycles. The van der Waals surface area contributed by atoms with Crippen LogP contribution in [-0.4, -0.2) is 53.4 Å². The normalized spacial score (nSPS) is 13.8. The topological polar surface area (TPSA) is 129 Å². The molecule has 11 heteroatoms. The van der Waals surface area contributed by atoms with Crippen LogP contribution in [-0.2, 0) is 0 Å². The number of halogens is 1. The molecule has 0 radical (unpaired) electrons. The number of fused-ring (bicyclic) bond motifs is 1. The summed E-state index contributed by atoms with van der Waals surface area (Å²) >= 11 is 3.23. The fraction of sp³-hybridized carbons (Fsp3) is 0.227. The summed E-state index contributed by atoms with van der Waals surface area (Å²) in [7, 11) is 1.45. The van der Waals surface area contributed by atoms with Crippen LogP contribution < -0.4 is 15.8 Å². The van der Waals surface area contributed by atoms with Crippen molar-refractivity contribution in [2.45, 2.75) is 6.42 Å². The van der Waals surface area contributed by atoms with E-state index in [-0.39, 0.29) is 35.1 Å². The second-order valence-electron chi connectivity index (χ2n) is 7.58. The average molecular weight is 514 g/mol. The van der Waals surface area contributed by atoms with Crippen molar-refractivity contribution in [1.82, 2.24) is 15.2 Å². The zero-order valence-corrected chi connectivity index (χ0v) is 19.2. The number of nitro benzene ring substituents is 1. The Morgan fingerprint density at radius 3 is 2.64 bits per heavy atom. The lowest BCUT2D eigenvalue weighted by Crippen LogP contribution is -2.48. The second kappa shape index (κ2) is 9.02. The molecule has 4 rings (SSSR count). The van der Waals surface area contributed by atoms with Gasteiger partial charge in [0.1, 0.15) is 5.69 Å². The molecule has 2 aromatic carbocycles. The number of carbonyl (C=O) groups is 2. The van der Waals surface area contributed by atoms with Crippen molar-refractivity contribution in [1.29, 1.82) is 0 Å². The third-order valence-corrected chi connectivity index (χ3v) is 5.96. The number of anilines is 1. The monoisotopic (exact) mass is 513 g/mol. The zero-order valence-electron chi connectivity index (χ0n) is 17.6. The Bertz CT molecular complexity index is 1340. The first-order chi connectivity index (χ1) is 15.8. The summed E-state index contributed by atoms with van der Waals surface area (Å²) in [5, 5.41) is 14.9. The number of para-hydroxylation sites is 1. The highest BCUT2D eigenvalue weighted by atomic mass is 79.9. The summed E-state index contributed by atoms with van der Waals surface area (Å²) < 4.78 is 0.400. The Kier molecular flexibility index (Phi) is 6.14. The molecule has 1 aliphatic heterocycles. The summed E-state index contributed by atoms with van der Waals surface area (Å²) in [5.74, 6) is -0.832. The first kappa shape index (κ1) is 22.5. The molecule has 1 saturated heterocycles. The predicted octanol–water partition coefficient (Wildman–Crippen LogP) is 2.87. The van der Waals surface area contributed by atoms with Crippen LogP contribution in [0.25, 0.3) is 10.9 Å². The Morgan fingerprint density at radius 1 is 1.15 bits per heavy atom. The lowest BCUT2D eigenvalue weighted by Gasteiger charge is -2.37. The maximum absolute atomic E-state index is 13.4. The van der Waals surface area contributed by atoms with E-state index in [1.165, 1.54) is 30.1 Å². The van der Waals surface area contributed by atoms with E-state index < -0.39 is 16.4 Å². The second-order valence-corrected chi connectivity index (χ2v) is 8.49. The number of nitrogens with zero attached hydrogens (tertiary/aromatic N) is 3. The van der Waals surface area contributed by atoms with E-state index in [0.29, 0.717) is 34.9 Å². The molecular formula is C22H20BrN5O5. The van der Waals surface area contributed by atoms with Crippen LogP contribution in [0.5, 0.6) is 0 Å². The quantitative estimate of drug-likeness (QED) is 0.407. The molecule has 0 unspecified atom stereocenters. The maximum Gasteiger partial charge on any atom is 0.294 e. The van der Waals surface area contributed by atoms with Crippen LogP contribution in [0, 0.1) is 10.1 Å². The molecule has 3 aromatic rings. The highest BCUT2D eigenvalue weighted by Gasteiger charge is 2.32. The molecule has 33 heavy (non-hydrogen) atoms. The molecule has 10 nitrogen and oxygen atoms in total. The van der Waals surface area contributed by atoms with Crippen LogP contribution in [0.15, 0.2) is 51.7 Å². The number of hydrogen-bond donors (Lipinski definition) is 2. The SMILES string of the molecule is CNC(=O)c1cc(Br)cc([N+](=O)[O-])c1N1CCCN(C(=O)c2cc(=O)[nH]c3ccccc23)C1. The van der Waals surface area contributed by atoms with Crippen molar-refractivity contribution in [2.75, 3.05) is 31.7 Å². The van der Waals surface area contributed by atoms with Crippen LogP contribution in [0.2, 0.25) is 0 Å². The highest BCUT2D eigenvalue weighted by Crippen LogP contribution is 2.36. The van der Waals surface area contributed by atoms with Gasteiger partial charge in [-0.25, -0.2) is 0 Å². The summed E-state index contributed by atoms with van der Waals surface area (Å²) in [4.78, 5) is 55.2. The van der Waals surface area contributed by atoms with Gasteiger partial charge in [-0.3, -0.25) is 24.5 Å². The third-order valence-electron chi connectivity index (χ3n) is 5.50. The van der Waals surface area contributed by atoms with Crippen LogP contribution in [0.1, 0.15) is 27.1 Å². The van der Waals surface area contributed by atoms with Gasteiger partial charge in [-0.15, -0.1) is 0 Å². The Hall–Kier alpha value is -3.73. The number of hydrogen-bond acceptors (Lipinski definition) is 6. The van der Waals surface area contributed by atoms with Gasteiger partial charge < -0.3 is 20.1 Å². The number of H-pyrrole nitrogens is 1. The maximum atomic E-state index is 13.4. The molecule has 0 spiro atoms. The predicted molar refractivity (Wildman–Crippen MR) is 127 cm³/mol. The Balaban J connectivity index is 1.75. The minimum atomic E-state index is -0.544. The zero-order chi connectivity index (χ0) is 23.7. The van der Waals surface area contributed by atoms with Gasteiger partial charge in [0.2, 0.25) is 5.56 Å². The van der Waals surface area contributed by atoms with E-state index in [1.807, 2.05) is 0 Å². The van der Waals surface area contributed by atoms with E-state index in [0.717, 1.165) is 0 Å². The number of aromatic amines is 1. The van der Waals surface area contributed by atoms with Crippen molar-refractivity contribution in [3.63, 3.8) is 0 Å². The molecule has 0 aliphatic carbocycles. The third kappa shape index (κ3) is 4.31. The molecular weight excluding hydrogens is 494 g/mol. The van der Waals surface area contributed by atoms with Crippen LogP contribution >= 0.6 is 15.9 Å². The molecule has 0 atom stereocenters. The molecule has 1 fully saturated rings. The Morgan fingerprint density at radius 2 is 1.91 bits per heavy atom. The van der Waals surface area contributed by atoms with Gasteiger partial charge in [-0.2, -0.15) is 0 Å². The van der Waals surface area contributed by atoms with E-state index in [9.17, 15) is 24.5 Å². The van der Waals surface area contributed by atoms with Crippen molar-refractivity contribution >= 4 is 50.0 Å². The number of nitro groups is 1. The minimum Gasteiger partial charge on any atom is -0.355 e. The molecule has 0 bridgehead atoms. The van der Waals surface area contributed by atoms with Gasteiger partial charge in [0, 0.05) is 47.6 Å². The summed E-state index contributed by atoms with van der Waals surface area (Å²) in [6.45, 7) is 0.870. The van der Waals surface area contributed by atoms with Crippen molar-refractivity contribution in [3.05, 3.63) is 78.5 Å². The number of amides is 2. The Labute approximate surface area is 196 Å². The van der Waals surface area contributed by atoms with Gasteiger partial charge in [0.05, 0.1) is 22.7 Å². The van der Waals surface area contributed by atoms with Gasteiger partial charge in [0.15, 0.2) is 0 Å². The first-order valence-corrected chi connectivity index (χ1v) is 11.0. The minimum absolute atomic E-state index is 0.0342. The van der Waals surface area contributed by atoms with Gasteiger partial charge in [-0.1, -0.05) is 34.1 Å². The van der Waals surface area contributed by atoms with Gasteiger partial charge >= 0.3 is 0 Å². The van der Waals surface area contributed by atoms with E-state index in [1.54, 1.807) is 29.2 Å². The molecule has 170 valence electrons. The fourth-order valence-corrected chi connectivity index (χ4v) is 4.51. The molecule has 2 N–H and O–H groups in total. The summed E-state index contributed by atoms with van der Waals surface area (Å²) in [6, 6.07) is 11.1. The van der Waals surface area contributed by atoms with E-state index in [2.05, 4.69) is 26.2 Å². The standard InChI is InChI=1S/C22H20BrN5O5/c1-24-21(30)16-9-13(23)10-18(28(32)33)20(16)26-7-4-8-27(12-26)22(31)15-11-19(29)25-17-6-3-2-5-14(15)17/h2-3,5-6,9-11H,4,7-8,12H2,1H3,(H,24,30)(H,25,29). The average Bonchev–Trinajstić information content (AvgIpc) is 2.81. The van der Waals surface area contributed by atoms with E-state index >= 15 is 0 Å². The number of nitrogens with one attached hydrogen (secondary N) is 2. The van der Waals surface area contributed by atoms with Gasteiger partial charge in [0.25, 0.3) is 17.5 Å². The number of rotatable bonds is 4. The van der Waals surface area contributed by atoms with Crippen molar-refractivity contribution < 1.29 is 14.5 Å². The molecule has 1 aromatic heterocycles. The van der Waals surface area contributed by atoms with Crippen LogP contribution in [0.4, 0.5) is 11.4 Å². The first-order valence-electron chi connectivity index (χ1n) is 10.2. The smallest absolute Gasteiger partial charge is 0.294 e. The lowest BCUT2D eigenvalue weighted by atomic mass is 10.1. The molecule has 0 saturated carbocycles.